The molecule has 2 aromatic rings. The summed E-state index contributed by atoms with van der Waals surface area (Å²) in [5.41, 5.74) is -0.994. The van der Waals surface area contributed by atoms with Crippen molar-refractivity contribution in [3.05, 3.63) is 53.0 Å². The minimum Gasteiger partial charge on any atom is -0.393 e. The first-order valence-corrected chi connectivity index (χ1v) is 11.0. The third kappa shape index (κ3) is 5.03. The highest BCUT2D eigenvalue weighted by Gasteiger charge is 2.42. The van der Waals surface area contributed by atoms with E-state index in [9.17, 15) is 27.9 Å². The Kier molecular flexibility index (Phi) is 7.36. The molecule has 1 aliphatic rings. The van der Waals surface area contributed by atoms with Crippen LogP contribution in [0.15, 0.2) is 30.6 Å². The van der Waals surface area contributed by atoms with E-state index < -0.39 is 42.3 Å². The van der Waals surface area contributed by atoms with Crippen LogP contribution in [0, 0.1) is 0 Å². The number of carbonyl (C=O) groups excluding carboxylic acids is 2. The molecule has 3 N–H and O–H groups in total. The number of aliphatic hydroxyl groups excluding tert-OH is 2. The van der Waals surface area contributed by atoms with Gasteiger partial charge in [0.15, 0.2) is 5.82 Å². The fourth-order valence-electron chi connectivity index (χ4n) is 3.41. The molecule has 2 unspecified atom stereocenters. The molecule has 1 aliphatic heterocycles. The van der Waals surface area contributed by atoms with Crippen molar-refractivity contribution >= 4 is 29.4 Å². The zero-order valence-electron chi connectivity index (χ0n) is 17.0. The number of nitrogens with one attached hydrogen (secondary N) is 1. The van der Waals surface area contributed by atoms with Gasteiger partial charge in [0.25, 0.3) is 5.91 Å². The lowest BCUT2D eigenvalue weighted by Gasteiger charge is -2.26. The van der Waals surface area contributed by atoms with E-state index in [4.69, 9.17) is 5.11 Å². The summed E-state index contributed by atoms with van der Waals surface area (Å²) in [4.78, 5) is 34.9. The molecule has 0 fully saturated rings. The van der Waals surface area contributed by atoms with Gasteiger partial charge in [-0.05, 0) is 36.1 Å². The number of hydrogen-bond acceptors (Lipinski definition) is 7. The van der Waals surface area contributed by atoms with E-state index in [-0.39, 0.29) is 35.6 Å². The van der Waals surface area contributed by atoms with Crippen LogP contribution in [0.5, 0.6) is 0 Å². The number of thioether (sulfide) groups is 1. The summed E-state index contributed by atoms with van der Waals surface area (Å²) >= 11 is 1.44. The summed E-state index contributed by atoms with van der Waals surface area (Å²) in [6.07, 6.45) is -1.43. The zero-order valence-corrected chi connectivity index (χ0v) is 17.8. The summed E-state index contributed by atoms with van der Waals surface area (Å²) in [5.74, 6) is -0.714. The summed E-state index contributed by atoms with van der Waals surface area (Å²) in [6.45, 7) is -0.877. The molecule has 32 heavy (non-hydrogen) atoms. The number of carbonyl (C=O) groups is 2. The predicted octanol–water partition coefficient (Wildman–Crippen LogP) is 2.24. The maximum absolute atomic E-state index is 13.4. The summed E-state index contributed by atoms with van der Waals surface area (Å²) < 4.78 is 40.2. The highest BCUT2D eigenvalue weighted by molar-refractivity contribution is 7.98. The smallest absolute Gasteiger partial charge is 0.393 e. The van der Waals surface area contributed by atoms with Gasteiger partial charge in [0, 0.05) is 12.1 Å². The normalized spacial score (nSPS) is 15.4. The third-order valence-electron chi connectivity index (χ3n) is 5.01. The zero-order chi connectivity index (χ0) is 23.5. The lowest BCUT2D eigenvalue weighted by Crippen LogP contribution is -2.44. The van der Waals surface area contributed by atoms with E-state index >= 15 is 0 Å². The number of aromatic nitrogens is 2. The molecule has 12 heteroatoms. The van der Waals surface area contributed by atoms with Crippen molar-refractivity contribution in [2.75, 3.05) is 23.9 Å². The van der Waals surface area contributed by atoms with Gasteiger partial charge in [-0.25, -0.2) is 4.98 Å². The van der Waals surface area contributed by atoms with Gasteiger partial charge < -0.3 is 20.4 Å². The molecule has 3 rings (SSSR count). The highest BCUT2D eigenvalue weighted by Crippen LogP contribution is 2.38. The Hall–Kier alpha value is -2.70. The minimum absolute atomic E-state index is 0.0400. The Morgan fingerprint density at radius 3 is 2.66 bits per heavy atom. The Balaban J connectivity index is 1.83. The van der Waals surface area contributed by atoms with Gasteiger partial charge in [0.2, 0.25) is 5.91 Å². The first kappa shape index (κ1) is 24.0. The van der Waals surface area contributed by atoms with Crippen LogP contribution in [0.25, 0.3) is 0 Å². The van der Waals surface area contributed by atoms with Crippen molar-refractivity contribution in [3.63, 3.8) is 0 Å². The maximum Gasteiger partial charge on any atom is 0.416 e. The second kappa shape index (κ2) is 9.84. The van der Waals surface area contributed by atoms with E-state index in [0.717, 1.165) is 11.0 Å². The average Bonchev–Trinajstić information content (AvgIpc) is 3.09. The molecule has 2 atom stereocenters. The molecule has 0 aliphatic carbocycles. The largest absolute Gasteiger partial charge is 0.416 e. The van der Waals surface area contributed by atoms with Crippen LogP contribution in [0.3, 0.4) is 0 Å². The number of rotatable bonds is 8. The molecule has 1 aromatic heterocycles. The molecule has 1 aromatic carbocycles. The van der Waals surface area contributed by atoms with E-state index in [1.54, 1.807) is 0 Å². The monoisotopic (exact) mass is 470 g/mol. The Morgan fingerprint density at radius 1 is 1.31 bits per heavy atom. The van der Waals surface area contributed by atoms with Gasteiger partial charge in [0.05, 0.1) is 30.3 Å². The molecule has 0 bridgehead atoms. The number of aliphatic hydroxyl groups is 2. The minimum atomic E-state index is -4.62. The topological polar surface area (TPSA) is 116 Å². The van der Waals surface area contributed by atoms with Crippen LogP contribution >= 0.6 is 11.8 Å². The van der Waals surface area contributed by atoms with E-state index in [0.29, 0.717) is 5.75 Å². The van der Waals surface area contributed by atoms with Gasteiger partial charge in [-0.3, -0.25) is 14.6 Å². The Bertz CT molecular complexity index is 988. The van der Waals surface area contributed by atoms with Crippen molar-refractivity contribution in [1.82, 2.24) is 14.9 Å². The number of fused-ring (bicyclic) bond motifs is 1. The summed E-state index contributed by atoms with van der Waals surface area (Å²) in [6, 6.07) is 2.41. The Morgan fingerprint density at radius 2 is 2.06 bits per heavy atom. The van der Waals surface area contributed by atoms with Crippen LogP contribution < -0.4 is 5.32 Å². The number of halogens is 3. The summed E-state index contributed by atoms with van der Waals surface area (Å²) in [7, 11) is 0. The number of anilines is 1. The number of amides is 2. The quantitative estimate of drug-likeness (QED) is 0.542. The molecule has 0 saturated carbocycles. The predicted molar refractivity (Wildman–Crippen MR) is 111 cm³/mol. The third-order valence-corrected chi connectivity index (χ3v) is 5.66. The number of alkyl halides is 3. The summed E-state index contributed by atoms with van der Waals surface area (Å²) in [5, 5.41) is 21.0. The van der Waals surface area contributed by atoms with E-state index in [2.05, 4.69) is 15.3 Å². The Labute approximate surface area is 185 Å². The van der Waals surface area contributed by atoms with Crippen LogP contribution in [0.4, 0.5) is 19.0 Å². The van der Waals surface area contributed by atoms with Gasteiger partial charge in [-0.2, -0.15) is 24.9 Å². The lowest BCUT2D eigenvalue weighted by atomic mass is 10.0. The molecule has 0 spiro atoms. The highest BCUT2D eigenvalue weighted by atomic mass is 32.2. The van der Waals surface area contributed by atoms with Crippen LogP contribution in [0.2, 0.25) is 0 Å². The molecule has 0 saturated heterocycles. The second-order valence-corrected chi connectivity index (χ2v) is 8.06. The second-order valence-electron chi connectivity index (χ2n) is 7.07. The fourth-order valence-corrected chi connectivity index (χ4v) is 3.87. The van der Waals surface area contributed by atoms with Crippen molar-refractivity contribution < 1.29 is 33.0 Å². The van der Waals surface area contributed by atoms with Gasteiger partial charge >= 0.3 is 6.18 Å². The fraction of sp³-hybridized carbons (Fsp3) is 0.400. The van der Waals surface area contributed by atoms with Crippen molar-refractivity contribution in [3.8, 4) is 0 Å². The van der Waals surface area contributed by atoms with E-state index in [1.165, 1.54) is 36.3 Å². The van der Waals surface area contributed by atoms with Crippen LogP contribution in [-0.4, -0.2) is 61.6 Å². The molecule has 8 nitrogen and oxygen atoms in total. The lowest BCUT2D eigenvalue weighted by molar-refractivity contribution is -0.138. The van der Waals surface area contributed by atoms with Gasteiger partial charge in [-0.15, -0.1) is 0 Å². The number of nitrogens with zero attached hydrogens (tertiary/aromatic N) is 3. The van der Waals surface area contributed by atoms with Crippen LogP contribution in [0.1, 0.15) is 39.7 Å². The van der Waals surface area contributed by atoms with E-state index in [1.807, 2.05) is 6.26 Å². The molecule has 172 valence electrons. The molecular weight excluding hydrogens is 449 g/mol. The first-order chi connectivity index (χ1) is 15.2. The van der Waals surface area contributed by atoms with Gasteiger partial charge in [0.1, 0.15) is 12.1 Å². The molecular formula is C20H21F3N4O4S. The SMILES string of the molecule is CSCCC(C(=O)Nc1cnc(C(O)CO)cn1)N1Cc2c(cccc2C(F)(F)F)C1=O. The molecule has 0 radical (unpaired) electrons. The van der Waals surface area contributed by atoms with Gasteiger partial charge in [-0.1, -0.05) is 6.07 Å². The number of hydrogen-bond donors (Lipinski definition) is 3. The standard InChI is InChI=1S/C20H21F3N4O4S/c1-32-6-5-15(18(30)26-17-8-24-14(7-25-17)16(29)10-28)27-9-12-11(19(27)31)3-2-4-13(12)20(21,22)23/h2-4,7-8,15-16,28-29H,5-6,9-10H2,1H3,(H,25,26,30). The average molecular weight is 470 g/mol. The molecule has 2 heterocycles. The van der Waals surface area contributed by atoms with Crippen LogP contribution in [-0.2, 0) is 17.5 Å². The van der Waals surface area contributed by atoms with Crippen molar-refractivity contribution in [2.24, 2.45) is 0 Å². The number of benzene rings is 1. The maximum atomic E-state index is 13.4. The first-order valence-electron chi connectivity index (χ1n) is 9.58. The van der Waals surface area contributed by atoms with Crippen molar-refractivity contribution in [1.29, 1.82) is 0 Å². The van der Waals surface area contributed by atoms with Crippen molar-refractivity contribution in [2.45, 2.75) is 31.3 Å². The molecule has 2 amide bonds.